The van der Waals surface area contributed by atoms with E-state index in [0.717, 1.165) is 68.7 Å². The second-order valence-corrected chi connectivity index (χ2v) is 9.95. The van der Waals surface area contributed by atoms with E-state index < -0.39 is 6.17 Å². The van der Waals surface area contributed by atoms with Crippen molar-refractivity contribution in [1.82, 2.24) is 10.2 Å². The summed E-state index contributed by atoms with van der Waals surface area (Å²) in [5.41, 5.74) is 2.29. The lowest BCUT2D eigenvalue weighted by molar-refractivity contribution is 0.118. The van der Waals surface area contributed by atoms with Gasteiger partial charge in [0.15, 0.2) is 0 Å². The molecular weight excluding hydrogens is 359 g/mol. The summed E-state index contributed by atoms with van der Waals surface area (Å²) in [5.74, 6) is 2.33. The van der Waals surface area contributed by atoms with E-state index in [0.29, 0.717) is 17.8 Å². The average molecular weight is 403 g/mol. The first-order chi connectivity index (χ1) is 14.2. The van der Waals surface area contributed by atoms with E-state index in [9.17, 15) is 4.39 Å². The summed E-state index contributed by atoms with van der Waals surface area (Å²) < 4.78 is 15.0. The lowest BCUT2D eigenvalue weighted by Crippen LogP contribution is -2.26. The van der Waals surface area contributed by atoms with Gasteiger partial charge in [-0.2, -0.15) is 10.2 Å². The molecule has 3 heteroatoms. The van der Waals surface area contributed by atoms with Gasteiger partial charge in [-0.25, -0.2) is 4.39 Å². The van der Waals surface area contributed by atoms with E-state index in [-0.39, 0.29) is 0 Å². The Morgan fingerprint density at radius 3 is 2.21 bits per heavy atom. The summed E-state index contributed by atoms with van der Waals surface area (Å²) in [7, 11) is 0. The first-order valence-corrected chi connectivity index (χ1v) is 12.7. The van der Waals surface area contributed by atoms with Crippen molar-refractivity contribution in [2.75, 3.05) is 0 Å². The van der Waals surface area contributed by atoms with Crippen molar-refractivity contribution in [3.8, 4) is 0 Å². The van der Waals surface area contributed by atoms with Crippen molar-refractivity contribution in [2.24, 2.45) is 17.8 Å². The van der Waals surface area contributed by atoms with Crippen LogP contribution in [0.5, 0.6) is 0 Å². The van der Waals surface area contributed by atoms with Gasteiger partial charge in [0.25, 0.3) is 0 Å². The van der Waals surface area contributed by atoms with Gasteiger partial charge in [-0.05, 0) is 87.7 Å². The van der Waals surface area contributed by atoms with Crippen LogP contribution in [0.3, 0.4) is 0 Å². The number of hydrogen-bond donors (Lipinski definition) is 0. The van der Waals surface area contributed by atoms with Gasteiger partial charge in [0.05, 0.1) is 11.4 Å². The zero-order chi connectivity index (χ0) is 20.5. The quantitative estimate of drug-likeness (QED) is 0.373. The van der Waals surface area contributed by atoms with Crippen LogP contribution in [0.2, 0.25) is 0 Å². The van der Waals surface area contributed by atoms with E-state index >= 15 is 0 Å². The molecule has 2 aliphatic rings. The highest BCUT2D eigenvalue weighted by atomic mass is 19.1. The molecule has 0 aliphatic heterocycles. The summed E-state index contributed by atoms with van der Waals surface area (Å²) in [6.45, 7) is 4.50. The Morgan fingerprint density at radius 1 is 0.862 bits per heavy atom. The number of hydrogen-bond acceptors (Lipinski definition) is 2. The predicted molar refractivity (Wildman–Crippen MR) is 120 cm³/mol. The molecule has 2 nitrogen and oxygen atoms in total. The molecule has 29 heavy (non-hydrogen) atoms. The van der Waals surface area contributed by atoms with Gasteiger partial charge in [0, 0.05) is 5.92 Å². The summed E-state index contributed by atoms with van der Waals surface area (Å²) >= 11 is 0. The normalized spacial score (nSPS) is 28.9. The molecule has 1 unspecified atom stereocenters. The Hall–Kier alpha value is -0.990. The van der Waals surface area contributed by atoms with Gasteiger partial charge < -0.3 is 0 Å². The predicted octanol–water partition coefficient (Wildman–Crippen LogP) is 7.82. The van der Waals surface area contributed by atoms with Gasteiger partial charge in [-0.1, -0.05) is 52.4 Å². The van der Waals surface area contributed by atoms with Crippen LogP contribution in [-0.4, -0.2) is 16.4 Å². The largest absolute Gasteiger partial charge is 0.247 e. The third kappa shape index (κ3) is 7.03. The number of aromatic nitrogens is 2. The minimum Gasteiger partial charge on any atom is -0.247 e. The van der Waals surface area contributed by atoms with Crippen LogP contribution in [-0.2, 0) is 6.42 Å². The minimum atomic E-state index is -0.568. The zero-order valence-electron chi connectivity index (χ0n) is 18.9. The lowest BCUT2D eigenvalue weighted by atomic mass is 9.74. The molecule has 0 N–H and O–H groups in total. The van der Waals surface area contributed by atoms with Crippen LogP contribution in [0.4, 0.5) is 4.39 Å². The van der Waals surface area contributed by atoms with Crippen molar-refractivity contribution in [3.63, 3.8) is 0 Å². The molecule has 1 atom stereocenters. The maximum atomic E-state index is 15.0. The van der Waals surface area contributed by atoms with Crippen molar-refractivity contribution < 1.29 is 4.39 Å². The van der Waals surface area contributed by atoms with Crippen molar-refractivity contribution in [2.45, 2.75) is 122 Å². The number of rotatable bonds is 10. The van der Waals surface area contributed by atoms with E-state index in [1.54, 1.807) is 0 Å². The smallest absolute Gasteiger partial charge is 0.103 e. The standard InChI is InChI=1S/C26H43FN2/c1-3-5-6-8-24-17-18-26(29-28-24)23-15-11-21(12-16-23)19-25(27)22-13-9-20(7-4-2)10-14-22/h17-18,20-23,25H,3-16,19H2,1-2H3. The molecule has 0 radical (unpaired) electrons. The third-order valence-electron chi connectivity index (χ3n) is 7.70. The monoisotopic (exact) mass is 402 g/mol. The van der Waals surface area contributed by atoms with E-state index in [1.807, 2.05) is 0 Å². The Balaban J connectivity index is 1.38. The minimum absolute atomic E-state index is 0.340. The lowest BCUT2D eigenvalue weighted by Gasteiger charge is -2.34. The Kier molecular flexibility index (Phi) is 9.39. The van der Waals surface area contributed by atoms with Crippen LogP contribution in [0.25, 0.3) is 0 Å². The van der Waals surface area contributed by atoms with Gasteiger partial charge in [0.1, 0.15) is 6.17 Å². The summed E-state index contributed by atoms with van der Waals surface area (Å²) in [5, 5.41) is 9.00. The van der Waals surface area contributed by atoms with Crippen molar-refractivity contribution in [1.29, 1.82) is 0 Å². The highest BCUT2D eigenvalue weighted by Crippen LogP contribution is 2.40. The molecule has 0 spiro atoms. The topological polar surface area (TPSA) is 25.8 Å². The molecule has 1 heterocycles. The molecule has 1 aromatic rings. The van der Waals surface area contributed by atoms with Gasteiger partial charge in [0.2, 0.25) is 0 Å². The summed E-state index contributed by atoms with van der Waals surface area (Å²) in [6, 6.07) is 4.38. The highest BCUT2D eigenvalue weighted by molar-refractivity contribution is 5.12. The first-order valence-electron chi connectivity index (χ1n) is 12.7. The fourth-order valence-electron chi connectivity index (χ4n) is 5.73. The number of aryl methyl sites for hydroxylation is 1. The van der Waals surface area contributed by atoms with E-state index in [2.05, 4.69) is 36.2 Å². The molecular formula is C26H43FN2. The maximum Gasteiger partial charge on any atom is 0.103 e. The third-order valence-corrected chi connectivity index (χ3v) is 7.70. The molecule has 164 valence electrons. The molecule has 0 amide bonds. The Bertz CT molecular complexity index is 557. The molecule has 0 bridgehead atoms. The molecule has 2 fully saturated rings. The summed E-state index contributed by atoms with van der Waals surface area (Å²) in [6.07, 6.45) is 17.0. The van der Waals surface area contributed by atoms with Gasteiger partial charge >= 0.3 is 0 Å². The second kappa shape index (κ2) is 12.0. The van der Waals surface area contributed by atoms with Crippen LogP contribution in [0.1, 0.15) is 121 Å². The molecule has 2 aliphatic carbocycles. The van der Waals surface area contributed by atoms with Crippen LogP contribution in [0, 0.1) is 17.8 Å². The fourth-order valence-corrected chi connectivity index (χ4v) is 5.73. The first kappa shape index (κ1) is 22.7. The number of halogens is 1. The van der Waals surface area contributed by atoms with Crippen LogP contribution < -0.4 is 0 Å². The zero-order valence-corrected chi connectivity index (χ0v) is 18.9. The Morgan fingerprint density at radius 2 is 1.59 bits per heavy atom. The number of alkyl halides is 1. The molecule has 0 saturated heterocycles. The van der Waals surface area contributed by atoms with Gasteiger partial charge in [-0.15, -0.1) is 0 Å². The molecule has 1 aromatic heterocycles. The molecule has 2 saturated carbocycles. The molecule has 3 rings (SSSR count). The van der Waals surface area contributed by atoms with Crippen LogP contribution in [0.15, 0.2) is 12.1 Å². The second-order valence-electron chi connectivity index (χ2n) is 9.95. The van der Waals surface area contributed by atoms with Crippen molar-refractivity contribution in [3.05, 3.63) is 23.5 Å². The van der Waals surface area contributed by atoms with E-state index in [1.165, 1.54) is 44.9 Å². The molecule has 0 aromatic carbocycles. The number of nitrogens with zero attached hydrogens (tertiary/aromatic N) is 2. The highest BCUT2D eigenvalue weighted by Gasteiger charge is 2.31. The fraction of sp³-hybridized carbons (Fsp3) is 0.846. The van der Waals surface area contributed by atoms with Crippen LogP contribution >= 0.6 is 0 Å². The summed E-state index contributed by atoms with van der Waals surface area (Å²) in [4.78, 5) is 0. The average Bonchev–Trinajstić information content (AvgIpc) is 2.76. The Labute approximate surface area is 178 Å². The number of unbranched alkanes of at least 4 members (excludes halogenated alkanes) is 2. The maximum absolute atomic E-state index is 15.0. The SMILES string of the molecule is CCCCCc1ccc(C2CCC(CC(F)C3CCC(CCC)CC3)CC2)nn1. The van der Waals surface area contributed by atoms with Crippen molar-refractivity contribution >= 4 is 0 Å². The van der Waals surface area contributed by atoms with Gasteiger partial charge in [-0.3, -0.25) is 0 Å². The van der Waals surface area contributed by atoms with E-state index in [4.69, 9.17) is 0 Å².